The number of aromatic nitrogens is 1. The average molecular weight is 327 g/mol. The Kier molecular flexibility index (Phi) is 4.16. The molecule has 1 N–H and O–H groups in total. The highest BCUT2D eigenvalue weighted by Crippen LogP contribution is 2.29. The molecular weight excluding hydrogens is 310 g/mol. The van der Waals surface area contributed by atoms with Crippen molar-refractivity contribution in [1.82, 2.24) is 4.98 Å². The summed E-state index contributed by atoms with van der Waals surface area (Å²) in [5.41, 5.74) is 2.42. The Balaban J connectivity index is 1.83. The second-order valence-electron chi connectivity index (χ2n) is 5.25. The minimum absolute atomic E-state index is 0.167. The third-order valence-corrected chi connectivity index (χ3v) is 4.37. The van der Waals surface area contributed by atoms with Gasteiger partial charge in [0.05, 0.1) is 17.3 Å². The molecule has 1 amide bonds. The summed E-state index contributed by atoms with van der Waals surface area (Å²) in [6, 6.07) is 13.1. The fourth-order valence-corrected chi connectivity index (χ4v) is 3.07. The van der Waals surface area contributed by atoms with Gasteiger partial charge >= 0.3 is 0 Å². The van der Waals surface area contributed by atoms with E-state index in [-0.39, 0.29) is 5.91 Å². The van der Waals surface area contributed by atoms with Crippen LogP contribution in [0.3, 0.4) is 0 Å². The van der Waals surface area contributed by atoms with E-state index in [0.717, 1.165) is 21.7 Å². The molecule has 3 rings (SSSR count). The second kappa shape index (κ2) is 6.26. The summed E-state index contributed by atoms with van der Waals surface area (Å²) in [5.74, 6) is 0.609. The van der Waals surface area contributed by atoms with Crippen LogP contribution in [0.25, 0.3) is 10.2 Å². The SMILES string of the molecule is COc1ccc2nc(NC(=O)c3cccc(N(C)C)c3)sc2c1. The predicted molar refractivity (Wildman–Crippen MR) is 94.9 cm³/mol. The van der Waals surface area contributed by atoms with Gasteiger partial charge in [-0.15, -0.1) is 0 Å². The lowest BCUT2D eigenvalue weighted by atomic mass is 10.2. The summed E-state index contributed by atoms with van der Waals surface area (Å²) < 4.78 is 6.18. The molecule has 0 spiro atoms. The number of hydrogen-bond donors (Lipinski definition) is 1. The maximum absolute atomic E-state index is 12.4. The van der Waals surface area contributed by atoms with E-state index in [0.29, 0.717) is 10.7 Å². The molecule has 118 valence electrons. The second-order valence-corrected chi connectivity index (χ2v) is 6.28. The highest BCUT2D eigenvalue weighted by Gasteiger charge is 2.11. The molecule has 5 nitrogen and oxygen atoms in total. The van der Waals surface area contributed by atoms with Crippen molar-refractivity contribution in [3.05, 3.63) is 48.0 Å². The van der Waals surface area contributed by atoms with Crippen LogP contribution in [0.5, 0.6) is 5.75 Å². The number of benzene rings is 2. The van der Waals surface area contributed by atoms with Gasteiger partial charge in [-0.1, -0.05) is 17.4 Å². The lowest BCUT2D eigenvalue weighted by molar-refractivity contribution is 0.102. The zero-order valence-corrected chi connectivity index (χ0v) is 14.0. The van der Waals surface area contributed by atoms with E-state index in [1.165, 1.54) is 11.3 Å². The normalized spacial score (nSPS) is 10.6. The highest BCUT2D eigenvalue weighted by atomic mass is 32.1. The molecule has 2 aromatic carbocycles. The number of hydrogen-bond acceptors (Lipinski definition) is 5. The van der Waals surface area contributed by atoms with Crippen molar-refractivity contribution in [3.63, 3.8) is 0 Å². The van der Waals surface area contributed by atoms with Crippen LogP contribution in [-0.2, 0) is 0 Å². The van der Waals surface area contributed by atoms with E-state index < -0.39 is 0 Å². The third-order valence-electron chi connectivity index (χ3n) is 3.44. The summed E-state index contributed by atoms with van der Waals surface area (Å²) >= 11 is 1.43. The van der Waals surface area contributed by atoms with Crippen LogP contribution in [0.15, 0.2) is 42.5 Å². The smallest absolute Gasteiger partial charge is 0.257 e. The van der Waals surface area contributed by atoms with Crippen molar-refractivity contribution >= 4 is 38.3 Å². The molecule has 0 aliphatic carbocycles. The number of carbonyl (C=O) groups is 1. The van der Waals surface area contributed by atoms with E-state index in [4.69, 9.17) is 4.74 Å². The first-order valence-corrected chi connectivity index (χ1v) is 7.92. The van der Waals surface area contributed by atoms with Gasteiger partial charge in [-0.3, -0.25) is 10.1 Å². The maximum atomic E-state index is 12.4. The molecule has 0 unspecified atom stereocenters. The maximum Gasteiger partial charge on any atom is 0.257 e. The standard InChI is InChI=1S/C17H17N3O2S/c1-20(2)12-6-4-5-11(9-12)16(21)19-17-18-14-8-7-13(22-3)10-15(14)23-17/h4-10H,1-3H3,(H,18,19,21). The molecule has 0 saturated heterocycles. The van der Waals surface area contributed by atoms with E-state index in [9.17, 15) is 4.79 Å². The number of nitrogens with zero attached hydrogens (tertiary/aromatic N) is 2. The predicted octanol–water partition coefficient (Wildman–Crippen LogP) is 3.62. The molecule has 23 heavy (non-hydrogen) atoms. The number of fused-ring (bicyclic) bond motifs is 1. The Morgan fingerprint density at radius 3 is 2.78 bits per heavy atom. The van der Waals surface area contributed by atoms with Gasteiger partial charge in [0.2, 0.25) is 0 Å². The Labute approximate surface area is 138 Å². The van der Waals surface area contributed by atoms with Crippen LogP contribution in [0.1, 0.15) is 10.4 Å². The quantitative estimate of drug-likeness (QED) is 0.795. The number of amides is 1. The van der Waals surface area contributed by atoms with Gasteiger partial charge < -0.3 is 9.64 Å². The van der Waals surface area contributed by atoms with Gasteiger partial charge in [-0.05, 0) is 36.4 Å². The van der Waals surface area contributed by atoms with Crippen LogP contribution in [0.2, 0.25) is 0 Å². The van der Waals surface area contributed by atoms with Crippen LogP contribution in [0.4, 0.5) is 10.8 Å². The van der Waals surface area contributed by atoms with Crippen LogP contribution >= 0.6 is 11.3 Å². The molecule has 0 fully saturated rings. The van der Waals surface area contributed by atoms with Crippen molar-refractivity contribution in [2.75, 3.05) is 31.4 Å². The van der Waals surface area contributed by atoms with Crippen LogP contribution < -0.4 is 15.0 Å². The molecule has 0 bridgehead atoms. The molecule has 3 aromatic rings. The first-order valence-electron chi connectivity index (χ1n) is 7.10. The number of ether oxygens (including phenoxy) is 1. The minimum Gasteiger partial charge on any atom is -0.497 e. The summed E-state index contributed by atoms with van der Waals surface area (Å²) in [4.78, 5) is 18.8. The Morgan fingerprint density at radius 2 is 2.04 bits per heavy atom. The number of thiazole rings is 1. The first kappa shape index (κ1) is 15.3. The van der Waals surface area contributed by atoms with Crippen molar-refractivity contribution < 1.29 is 9.53 Å². The van der Waals surface area contributed by atoms with E-state index >= 15 is 0 Å². The van der Waals surface area contributed by atoms with Gasteiger partial charge in [0.15, 0.2) is 5.13 Å². The molecule has 0 radical (unpaired) electrons. The minimum atomic E-state index is -0.167. The van der Waals surface area contributed by atoms with Crippen molar-refractivity contribution in [1.29, 1.82) is 0 Å². The molecule has 0 saturated carbocycles. The highest BCUT2D eigenvalue weighted by molar-refractivity contribution is 7.22. The summed E-state index contributed by atoms with van der Waals surface area (Å²) in [7, 11) is 5.51. The number of anilines is 2. The average Bonchev–Trinajstić information content (AvgIpc) is 2.95. The summed E-state index contributed by atoms with van der Waals surface area (Å²) in [5, 5.41) is 3.44. The van der Waals surface area contributed by atoms with Crippen LogP contribution in [-0.4, -0.2) is 32.1 Å². The topological polar surface area (TPSA) is 54.5 Å². The Hall–Kier alpha value is -2.60. The fourth-order valence-electron chi connectivity index (χ4n) is 2.18. The Bertz CT molecular complexity index is 858. The van der Waals surface area contributed by atoms with E-state index in [2.05, 4.69) is 10.3 Å². The lowest BCUT2D eigenvalue weighted by Gasteiger charge is -2.13. The molecule has 6 heteroatoms. The summed E-state index contributed by atoms with van der Waals surface area (Å²) in [6.07, 6.45) is 0. The van der Waals surface area contributed by atoms with Crippen molar-refractivity contribution in [2.45, 2.75) is 0 Å². The molecule has 0 aliphatic heterocycles. The van der Waals surface area contributed by atoms with E-state index in [1.807, 2.05) is 55.4 Å². The number of nitrogens with one attached hydrogen (secondary N) is 1. The molecule has 0 atom stereocenters. The van der Waals surface area contributed by atoms with Crippen LogP contribution in [0, 0.1) is 0 Å². The zero-order chi connectivity index (χ0) is 16.4. The number of methoxy groups -OCH3 is 1. The number of rotatable bonds is 4. The van der Waals surface area contributed by atoms with Gasteiger partial charge in [0, 0.05) is 25.3 Å². The fraction of sp³-hybridized carbons (Fsp3) is 0.176. The Morgan fingerprint density at radius 1 is 1.22 bits per heavy atom. The summed E-state index contributed by atoms with van der Waals surface area (Å²) in [6.45, 7) is 0. The lowest BCUT2D eigenvalue weighted by Crippen LogP contribution is -2.14. The van der Waals surface area contributed by atoms with Gasteiger partial charge in [-0.2, -0.15) is 0 Å². The molecular formula is C17H17N3O2S. The van der Waals surface area contributed by atoms with Crippen molar-refractivity contribution in [2.24, 2.45) is 0 Å². The van der Waals surface area contributed by atoms with Crippen molar-refractivity contribution in [3.8, 4) is 5.75 Å². The molecule has 1 aromatic heterocycles. The van der Waals surface area contributed by atoms with Gasteiger partial charge in [0.1, 0.15) is 5.75 Å². The monoisotopic (exact) mass is 327 g/mol. The zero-order valence-electron chi connectivity index (χ0n) is 13.2. The number of carbonyl (C=O) groups excluding carboxylic acids is 1. The molecule has 0 aliphatic rings. The van der Waals surface area contributed by atoms with Gasteiger partial charge in [0.25, 0.3) is 5.91 Å². The van der Waals surface area contributed by atoms with E-state index in [1.54, 1.807) is 13.2 Å². The molecule has 1 heterocycles. The third kappa shape index (κ3) is 3.27. The largest absolute Gasteiger partial charge is 0.497 e. The first-order chi connectivity index (χ1) is 11.1. The van der Waals surface area contributed by atoms with Gasteiger partial charge in [-0.25, -0.2) is 4.98 Å².